The number of hydrogen-bond acceptors (Lipinski definition) is 5. The van der Waals surface area contributed by atoms with E-state index >= 15 is 0 Å². The Kier molecular flexibility index (Phi) is 5.95. The molecule has 1 unspecified atom stereocenters. The van der Waals surface area contributed by atoms with Crippen molar-refractivity contribution in [2.45, 2.75) is 25.4 Å². The number of carbonyl (C=O) groups excluding carboxylic acids is 1. The minimum atomic E-state index is -0.176. The molecule has 0 bridgehead atoms. The van der Waals surface area contributed by atoms with Gasteiger partial charge in [0.05, 0.1) is 22.4 Å². The quantitative estimate of drug-likeness (QED) is 0.338. The maximum absolute atomic E-state index is 12.7. The fourth-order valence-corrected chi connectivity index (χ4v) is 4.32. The van der Waals surface area contributed by atoms with Crippen LogP contribution in [0.5, 0.6) is 0 Å². The van der Waals surface area contributed by atoms with Crippen molar-refractivity contribution in [3.8, 4) is 0 Å². The minimum absolute atomic E-state index is 0.176. The van der Waals surface area contributed by atoms with E-state index in [1.54, 1.807) is 12.1 Å². The standard InChI is InChI=1S/C26H28N6O/c27-21-7-1-2-8-22(21)29-25(33)19-13-11-18(12-14-19)17-32(20-6-5-15-28-16-20)26-30-23-9-3-4-10-24(23)31-26/h1-4,7-14,20,28H,5-6,15-17,27H2,(H,29,33)(H,30,31). The molecule has 1 fully saturated rings. The van der Waals surface area contributed by atoms with Gasteiger partial charge in [-0.05, 0) is 61.3 Å². The Morgan fingerprint density at radius 3 is 2.61 bits per heavy atom. The molecule has 1 amide bonds. The van der Waals surface area contributed by atoms with Crippen LogP contribution in [0.4, 0.5) is 17.3 Å². The van der Waals surface area contributed by atoms with E-state index in [9.17, 15) is 4.79 Å². The molecule has 1 aromatic heterocycles. The van der Waals surface area contributed by atoms with Crippen LogP contribution in [0, 0.1) is 0 Å². The number of para-hydroxylation sites is 4. The normalized spacial score (nSPS) is 15.9. The highest BCUT2D eigenvalue weighted by atomic mass is 16.1. The van der Waals surface area contributed by atoms with Crippen molar-refractivity contribution in [1.29, 1.82) is 0 Å². The molecule has 1 aliphatic rings. The molecule has 0 radical (unpaired) electrons. The van der Waals surface area contributed by atoms with Gasteiger partial charge < -0.3 is 26.3 Å². The number of hydrogen-bond donors (Lipinski definition) is 4. The van der Waals surface area contributed by atoms with Crippen LogP contribution in [0.3, 0.4) is 0 Å². The van der Waals surface area contributed by atoms with Gasteiger partial charge in [-0.2, -0.15) is 0 Å². The van der Waals surface area contributed by atoms with Gasteiger partial charge in [0.2, 0.25) is 5.95 Å². The zero-order chi connectivity index (χ0) is 22.6. The summed E-state index contributed by atoms with van der Waals surface area (Å²) >= 11 is 0. The van der Waals surface area contributed by atoms with Gasteiger partial charge in [-0.1, -0.05) is 36.4 Å². The Morgan fingerprint density at radius 1 is 1.06 bits per heavy atom. The third-order valence-corrected chi connectivity index (χ3v) is 6.14. The lowest BCUT2D eigenvalue weighted by Crippen LogP contribution is -2.46. The van der Waals surface area contributed by atoms with Gasteiger partial charge in [-0.3, -0.25) is 4.79 Å². The summed E-state index contributed by atoms with van der Waals surface area (Å²) in [6, 6.07) is 23.5. The van der Waals surface area contributed by atoms with Crippen molar-refractivity contribution in [2.24, 2.45) is 0 Å². The highest BCUT2D eigenvalue weighted by Gasteiger charge is 2.24. The maximum Gasteiger partial charge on any atom is 0.255 e. The highest BCUT2D eigenvalue weighted by molar-refractivity contribution is 6.05. The molecule has 7 nitrogen and oxygen atoms in total. The average Bonchev–Trinajstić information content (AvgIpc) is 3.29. The van der Waals surface area contributed by atoms with E-state index in [1.807, 2.05) is 54.6 Å². The van der Waals surface area contributed by atoms with Crippen LogP contribution in [0.15, 0.2) is 72.8 Å². The summed E-state index contributed by atoms with van der Waals surface area (Å²) in [5.41, 5.74) is 10.8. The molecule has 1 atom stereocenters. The second kappa shape index (κ2) is 9.34. The van der Waals surface area contributed by atoms with Crippen molar-refractivity contribution in [2.75, 3.05) is 29.0 Å². The third kappa shape index (κ3) is 4.68. The van der Waals surface area contributed by atoms with E-state index in [1.165, 1.54) is 0 Å². The van der Waals surface area contributed by atoms with Gasteiger partial charge >= 0.3 is 0 Å². The van der Waals surface area contributed by atoms with E-state index in [0.29, 0.717) is 29.5 Å². The lowest BCUT2D eigenvalue weighted by atomic mass is 10.0. The molecule has 7 heteroatoms. The second-order valence-corrected chi connectivity index (χ2v) is 8.44. The summed E-state index contributed by atoms with van der Waals surface area (Å²) in [6.45, 7) is 2.69. The van der Waals surface area contributed by atoms with E-state index in [2.05, 4.69) is 26.6 Å². The summed E-state index contributed by atoms with van der Waals surface area (Å²) in [4.78, 5) is 23.3. The number of fused-ring (bicyclic) bond motifs is 1. The first-order valence-corrected chi connectivity index (χ1v) is 11.3. The Bertz CT molecular complexity index is 1210. The van der Waals surface area contributed by atoms with Gasteiger partial charge in [0.25, 0.3) is 5.91 Å². The van der Waals surface area contributed by atoms with Gasteiger partial charge in [0, 0.05) is 24.7 Å². The molecule has 5 rings (SSSR count). The number of aromatic nitrogens is 2. The van der Waals surface area contributed by atoms with E-state index in [-0.39, 0.29) is 5.91 Å². The molecule has 0 aliphatic carbocycles. The minimum Gasteiger partial charge on any atom is -0.397 e. The van der Waals surface area contributed by atoms with Crippen molar-refractivity contribution >= 4 is 34.3 Å². The van der Waals surface area contributed by atoms with Crippen LogP contribution >= 0.6 is 0 Å². The SMILES string of the molecule is Nc1ccccc1NC(=O)c1ccc(CN(c2nc3ccccc3[nH]2)C2CCCNC2)cc1. The molecular weight excluding hydrogens is 412 g/mol. The predicted molar refractivity (Wildman–Crippen MR) is 133 cm³/mol. The third-order valence-electron chi connectivity index (χ3n) is 6.14. The molecule has 3 aromatic carbocycles. The first kappa shape index (κ1) is 21.0. The van der Waals surface area contributed by atoms with E-state index in [0.717, 1.165) is 48.5 Å². The van der Waals surface area contributed by atoms with Crippen molar-refractivity contribution in [3.63, 3.8) is 0 Å². The average molecular weight is 441 g/mol. The zero-order valence-corrected chi connectivity index (χ0v) is 18.4. The zero-order valence-electron chi connectivity index (χ0n) is 18.4. The summed E-state index contributed by atoms with van der Waals surface area (Å²) in [6.07, 6.45) is 2.26. The summed E-state index contributed by atoms with van der Waals surface area (Å²) in [5, 5.41) is 6.39. The number of anilines is 3. The molecule has 2 heterocycles. The van der Waals surface area contributed by atoms with Gasteiger partial charge in [0.15, 0.2) is 0 Å². The van der Waals surface area contributed by atoms with Gasteiger partial charge in [-0.15, -0.1) is 0 Å². The summed E-state index contributed by atoms with van der Waals surface area (Å²) in [7, 11) is 0. The number of imidazole rings is 1. The maximum atomic E-state index is 12.7. The number of nitrogens with two attached hydrogens (primary N) is 1. The van der Waals surface area contributed by atoms with Crippen LogP contribution < -0.4 is 21.3 Å². The Hall–Kier alpha value is -3.84. The number of rotatable bonds is 6. The molecule has 0 saturated carbocycles. The van der Waals surface area contributed by atoms with E-state index in [4.69, 9.17) is 10.7 Å². The Balaban J connectivity index is 1.35. The van der Waals surface area contributed by atoms with Crippen LogP contribution in [-0.2, 0) is 6.54 Å². The van der Waals surface area contributed by atoms with Gasteiger partial charge in [0.1, 0.15) is 0 Å². The number of H-pyrrole nitrogens is 1. The summed E-state index contributed by atoms with van der Waals surface area (Å²) < 4.78 is 0. The molecular formula is C26H28N6O. The monoisotopic (exact) mass is 440 g/mol. The summed E-state index contributed by atoms with van der Waals surface area (Å²) in [5.74, 6) is 0.705. The molecule has 168 valence electrons. The van der Waals surface area contributed by atoms with Crippen molar-refractivity contribution in [3.05, 3.63) is 83.9 Å². The topological polar surface area (TPSA) is 99.1 Å². The Morgan fingerprint density at radius 2 is 1.85 bits per heavy atom. The van der Waals surface area contributed by atoms with Crippen molar-refractivity contribution in [1.82, 2.24) is 15.3 Å². The Labute approximate surface area is 193 Å². The van der Waals surface area contributed by atoms with Crippen LogP contribution in [0.25, 0.3) is 11.0 Å². The number of nitrogens with zero attached hydrogens (tertiary/aromatic N) is 2. The number of benzene rings is 3. The van der Waals surface area contributed by atoms with Crippen molar-refractivity contribution < 1.29 is 4.79 Å². The van der Waals surface area contributed by atoms with Gasteiger partial charge in [-0.25, -0.2) is 4.98 Å². The van der Waals surface area contributed by atoms with Crippen LogP contribution in [-0.4, -0.2) is 35.0 Å². The van der Waals surface area contributed by atoms with E-state index < -0.39 is 0 Å². The predicted octanol–water partition coefficient (Wildman–Crippen LogP) is 4.16. The smallest absolute Gasteiger partial charge is 0.255 e. The first-order chi connectivity index (χ1) is 16.2. The van der Waals surface area contributed by atoms with Crippen LogP contribution in [0.2, 0.25) is 0 Å². The lowest BCUT2D eigenvalue weighted by molar-refractivity contribution is 0.102. The number of aromatic amines is 1. The number of amides is 1. The molecule has 1 aliphatic heterocycles. The molecule has 33 heavy (non-hydrogen) atoms. The first-order valence-electron chi connectivity index (χ1n) is 11.3. The molecule has 1 saturated heterocycles. The molecule has 4 aromatic rings. The second-order valence-electron chi connectivity index (χ2n) is 8.44. The van der Waals surface area contributed by atoms with Crippen LogP contribution in [0.1, 0.15) is 28.8 Å². The highest BCUT2D eigenvalue weighted by Crippen LogP contribution is 2.24. The number of piperidine rings is 1. The fourth-order valence-electron chi connectivity index (χ4n) is 4.32. The fraction of sp³-hybridized carbons (Fsp3) is 0.231. The number of nitrogen functional groups attached to an aromatic ring is 1. The number of nitrogens with one attached hydrogen (secondary N) is 3. The molecule has 5 N–H and O–H groups in total. The largest absolute Gasteiger partial charge is 0.397 e. The number of carbonyl (C=O) groups is 1. The molecule has 0 spiro atoms. The lowest BCUT2D eigenvalue weighted by Gasteiger charge is -2.34.